The number of rotatable bonds is 4. The molecular weight excluding hydrogens is 246 g/mol. The van der Waals surface area contributed by atoms with Crippen molar-refractivity contribution in [3.63, 3.8) is 0 Å². The SMILES string of the molecule is O=C(CCl)NCC1(c2ccccc2)CCCCC1. The van der Waals surface area contributed by atoms with Gasteiger partial charge >= 0.3 is 0 Å². The molecule has 1 N–H and O–H groups in total. The minimum atomic E-state index is -0.0717. The molecule has 0 bridgehead atoms. The summed E-state index contributed by atoms with van der Waals surface area (Å²) in [5.41, 5.74) is 1.46. The van der Waals surface area contributed by atoms with E-state index in [1.165, 1.54) is 24.8 Å². The molecule has 0 spiro atoms. The van der Waals surface area contributed by atoms with E-state index in [2.05, 4.69) is 29.6 Å². The third kappa shape index (κ3) is 3.05. The molecule has 1 fully saturated rings. The highest BCUT2D eigenvalue weighted by Gasteiger charge is 2.33. The maximum Gasteiger partial charge on any atom is 0.234 e. The van der Waals surface area contributed by atoms with Gasteiger partial charge in [-0.2, -0.15) is 0 Å². The van der Waals surface area contributed by atoms with Crippen molar-refractivity contribution in [2.75, 3.05) is 12.4 Å². The standard InChI is InChI=1S/C15H20ClNO/c16-11-14(18)17-12-15(9-5-2-6-10-15)13-7-3-1-4-8-13/h1,3-4,7-8H,2,5-6,9-12H2,(H,17,18). The van der Waals surface area contributed by atoms with Crippen LogP contribution < -0.4 is 5.32 Å². The van der Waals surface area contributed by atoms with Crippen LogP contribution in [0.1, 0.15) is 37.7 Å². The van der Waals surface area contributed by atoms with Gasteiger partial charge in [0.05, 0.1) is 0 Å². The Morgan fingerprint density at radius 2 is 1.83 bits per heavy atom. The number of alkyl halides is 1. The van der Waals surface area contributed by atoms with E-state index in [0.717, 1.165) is 12.8 Å². The number of hydrogen-bond donors (Lipinski definition) is 1. The number of carbonyl (C=O) groups is 1. The lowest BCUT2D eigenvalue weighted by Crippen LogP contribution is -2.42. The van der Waals surface area contributed by atoms with Gasteiger partial charge < -0.3 is 5.32 Å². The Bertz CT molecular complexity index is 385. The lowest BCUT2D eigenvalue weighted by atomic mass is 9.69. The van der Waals surface area contributed by atoms with E-state index in [0.29, 0.717) is 6.54 Å². The van der Waals surface area contributed by atoms with Crippen LogP contribution in [0.25, 0.3) is 0 Å². The highest BCUT2D eigenvalue weighted by molar-refractivity contribution is 6.27. The fourth-order valence-electron chi connectivity index (χ4n) is 2.90. The van der Waals surface area contributed by atoms with Gasteiger partial charge in [-0.1, -0.05) is 49.6 Å². The fraction of sp³-hybridized carbons (Fsp3) is 0.533. The molecule has 3 heteroatoms. The molecule has 2 rings (SSSR count). The van der Waals surface area contributed by atoms with E-state index in [1.54, 1.807) is 0 Å². The molecule has 1 aromatic carbocycles. The van der Waals surface area contributed by atoms with E-state index in [-0.39, 0.29) is 17.2 Å². The molecule has 0 atom stereocenters. The van der Waals surface area contributed by atoms with Crippen molar-refractivity contribution >= 4 is 17.5 Å². The Hall–Kier alpha value is -1.02. The Morgan fingerprint density at radius 1 is 1.17 bits per heavy atom. The molecule has 1 aliphatic carbocycles. The predicted octanol–water partition coefficient (Wildman–Crippen LogP) is 3.24. The maximum absolute atomic E-state index is 11.4. The normalized spacial score (nSPS) is 18.3. The fourth-order valence-corrected chi connectivity index (χ4v) is 3.00. The molecule has 1 aromatic rings. The van der Waals surface area contributed by atoms with Gasteiger partial charge in [0, 0.05) is 12.0 Å². The third-order valence-corrected chi connectivity index (χ3v) is 4.18. The second-order valence-corrected chi connectivity index (χ2v) is 5.38. The molecule has 0 radical (unpaired) electrons. The number of hydrogen-bond acceptors (Lipinski definition) is 1. The van der Waals surface area contributed by atoms with Crippen LogP contribution in [0, 0.1) is 0 Å². The second kappa shape index (κ2) is 6.24. The first-order chi connectivity index (χ1) is 8.77. The monoisotopic (exact) mass is 265 g/mol. The Morgan fingerprint density at radius 3 is 2.44 bits per heavy atom. The lowest BCUT2D eigenvalue weighted by Gasteiger charge is -2.38. The summed E-state index contributed by atoms with van der Waals surface area (Å²) in [6, 6.07) is 10.6. The molecule has 0 heterocycles. The zero-order chi connectivity index (χ0) is 12.8. The van der Waals surface area contributed by atoms with Gasteiger partial charge in [-0.3, -0.25) is 4.79 Å². The van der Waals surface area contributed by atoms with Crippen LogP contribution in [-0.2, 0) is 10.2 Å². The van der Waals surface area contributed by atoms with Crippen LogP contribution in [0.15, 0.2) is 30.3 Å². The first-order valence-corrected chi connectivity index (χ1v) is 7.18. The van der Waals surface area contributed by atoms with E-state index >= 15 is 0 Å². The summed E-state index contributed by atoms with van der Waals surface area (Å²) in [7, 11) is 0. The largest absolute Gasteiger partial charge is 0.354 e. The summed E-state index contributed by atoms with van der Waals surface area (Å²) >= 11 is 5.55. The van der Waals surface area contributed by atoms with Gasteiger partial charge in [0.25, 0.3) is 0 Å². The van der Waals surface area contributed by atoms with Gasteiger partial charge in [-0.05, 0) is 18.4 Å². The molecule has 1 amide bonds. The number of amides is 1. The second-order valence-electron chi connectivity index (χ2n) is 5.12. The smallest absolute Gasteiger partial charge is 0.234 e. The van der Waals surface area contributed by atoms with Crippen LogP contribution in [0.5, 0.6) is 0 Å². The molecule has 0 aromatic heterocycles. The third-order valence-electron chi connectivity index (χ3n) is 3.94. The van der Waals surface area contributed by atoms with E-state index in [1.807, 2.05) is 6.07 Å². The van der Waals surface area contributed by atoms with Crippen molar-refractivity contribution in [3.05, 3.63) is 35.9 Å². The Labute approximate surface area is 114 Å². The van der Waals surface area contributed by atoms with Gasteiger partial charge in [0.1, 0.15) is 5.88 Å². The summed E-state index contributed by atoms with van der Waals surface area (Å²) in [5.74, 6) is -0.0252. The van der Waals surface area contributed by atoms with Crippen LogP contribution in [0.2, 0.25) is 0 Å². The summed E-state index contributed by atoms with van der Waals surface area (Å²) < 4.78 is 0. The predicted molar refractivity (Wildman–Crippen MR) is 74.9 cm³/mol. The van der Waals surface area contributed by atoms with Crippen molar-refractivity contribution < 1.29 is 4.79 Å². The highest BCUT2D eigenvalue weighted by Crippen LogP contribution is 2.38. The average molecular weight is 266 g/mol. The number of nitrogens with one attached hydrogen (secondary N) is 1. The van der Waals surface area contributed by atoms with Gasteiger partial charge in [0.15, 0.2) is 0 Å². The van der Waals surface area contributed by atoms with Crippen molar-refractivity contribution in [1.82, 2.24) is 5.32 Å². The van der Waals surface area contributed by atoms with Gasteiger partial charge in [0.2, 0.25) is 5.91 Å². The minimum Gasteiger partial charge on any atom is -0.354 e. The van der Waals surface area contributed by atoms with Gasteiger partial charge in [-0.25, -0.2) is 0 Å². The average Bonchev–Trinajstić information content (AvgIpc) is 2.46. The van der Waals surface area contributed by atoms with Crippen LogP contribution in [0.3, 0.4) is 0 Å². The Balaban J connectivity index is 2.15. The summed E-state index contributed by atoms with van der Waals surface area (Å²) in [6.07, 6.45) is 6.09. The highest BCUT2D eigenvalue weighted by atomic mass is 35.5. The molecule has 0 aliphatic heterocycles. The Kier molecular flexibility index (Phi) is 4.65. The quantitative estimate of drug-likeness (QED) is 0.832. The maximum atomic E-state index is 11.4. The topological polar surface area (TPSA) is 29.1 Å². The lowest BCUT2D eigenvalue weighted by molar-refractivity contribution is -0.119. The molecule has 98 valence electrons. The first-order valence-electron chi connectivity index (χ1n) is 6.65. The van der Waals surface area contributed by atoms with Crippen LogP contribution in [0.4, 0.5) is 0 Å². The summed E-state index contributed by atoms with van der Waals surface area (Å²) in [5, 5.41) is 2.97. The van der Waals surface area contributed by atoms with Crippen LogP contribution >= 0.6 is 11.6 Å². The molecule has 0 saturated heterocycles. The van der Waals surface area contributed by atoms with Crippen molar-refractivity contribution in [3.8, 4) is 0 Å². The number of halogens is 1. The first kappa shape index (κ1) is 13.4. The number of benzene rings is 1. The van der Waals surface area contributed by atoms with E-state index in [9.17, 15) is 4.79 Å². The minimum absolute atomic E-state index is 0.0465. The van der Waals surface area contributed by atoms with Crippen molar-refractivity contribution in [1.29, 1.82) is 0 Å². The van der Waals surface area contributed by atoms with E-state index in [4.69, 9.17) is 11.6 Å². The zero-order valence-corrected chi connectivity index (χ0v) is 11.4. The van der Waals surface area contributed by atoms with Crippen LogP contribution in [-0.4, -0.2) is 18.3 Å². The molecule has 1 saturated carbocycles. The summed E-state index contributed by atoms with van der Waals surface area (Å²) in [4.78, 5) is 11.4. The summed E-state index contributed by atoms with van der Waals surface area (Å²) in [6.45, 7) is 0.711. The van der Waals surface area contributed by atoms with Crippen molar-refractivity contribution in [2.45, 2.75) is 37.5 Å². The zero-order valence-electron chi connectivity index (χ0n) is 10.6. The van der Waals surface area contributed by atoms with Crippen molar-refractivity contribution in [2.24, 2.45) is 0 Å². The number of carbonyl (C=O) groups excluding carboxylic acids is 1. The van der Waals surface area contributed by atoms with Gasteiger partial charge in [-0.15, -0.1) is 11.6 Å². The molecular formula is C15H20ClNO. The molecule has 0 unspecified atom stereocenters. The van der Waals surface area contributed by atoms with E-state index < -0.39 is 0 Å². The molecule has 18 heavy (non-hydrogen) atoms. The molecule has 2 nitrogen and oxygen atoms in total. The molecule has 1 aliphatic rings.